The van der Waals surface area contributed by atoms with Crippen molar-refractivity contribution in [1.29, 1.82) is 0 Å². The molecular weight excluding hydrogens is 324 g/mol. The van der Waals surface area contributed by atoms with Crippen LogP contribution in [0.2, 0.25) is 0 Å². The maximum Gasteiger partial charge on any atom is 0.251 e. The van der Waals surface area contributed by atoms with Crippen LogP contribution in [0.15, 0.2) is 27.6 Å². The topological polar surface area (TPSA) is 62.5 Å². The zero-order valence-corrected chi connectivity index (χ0v) is 13.0. The Hall–Kier alpha value is -1.14. The fraction of sp³-hybridized carbons (Fsp3) is 0.571. The maximum absolute atomic E-state index is 12.3. The molecule has 5 nitrogen and oxygen atoms in total. The van der Waals surface area contributed by atoms with Crippen molar-refractivity contribution in [1.82, 2.24) is 9.47 Å². The van der Waals surface area contributed by atoms with E-state index >= 15 is 0 Å². The van der Waals surface area contributed by atoms with Crippen LogP contribution in [0.1, 0.15) is 19.8 Å². The van der Waals surface area contributed by atoms with Gasteiger partial charge in [0.15, 0.2) is 0 Å². The summed E-state index contributed by atoms with van der Waals surface area (Å²) >= 11 is 3.29. The second kappa shape index (κ2) is 6.54. The largest absolute Gasteiger partial charge is 0.393 e. The van der Waals surface area contributed by atoms with Crippen molar-refractivity contribution < 1.29 is 9.90 Å². The highest BCUT2D eigenvalue weighted by molar-refractivity contribution is 9.10. The number of aliphatic hydroxyl groups is 1. The van der Waals surface area contributed by atoms with Crippen LogP contribution in [0.25, 0.3) is 0 Å². The van der Waals surface area contributed by atoms with Crippen LogP contribution >= 0.6 is 15.9 Å². The predicted molar refractivity (Wildman–Crippen MR) is 79.4 cm³/mol. The van der Waals surface area contributed by atoms with Gasteiger partial charge in [0.1, 0.15) is 6.54 Å². The van der Waals surface area contributed by atoms with Gasteiger partial charge in [0, 0.05) is 35.7 Å². The molecule has 1 aliphatic rings. The number of amides is 1. The standard InChI is InChI=1S/C14H19BrN2O3/c1-10(18)11-3-2-6-16(7-11)14(20)9-17-8-12(15)4-5-13(17)19/h4-5,8,10-11,18H,2-3,6-7,9H2,1H3. The van der Waals surface area contributed by atoms with E-state index in [0.717, 1.165) is 17.3 Å². The summed E-state index contributed by atoms with van der Waals surface area (Å²) < 4.78 is 2.17. The normalized spacial score (nSPS) is 20.8. The molecule has 0 aliphatic carbocycles. The highest BCUT2D eigenvalue weighted by Crippen LogP contribution is 2.20. The molecule has 20 heavy (non-hydrogen) atoms. The van der Waals surface area contributed by atoms with Gasteiger partial charge < -0.3 is 14.6 Å². The molecule has 1 N–H and O–H groups in total. The summed E-state index contributed by atoms with van der Waals surface area (Å²) in [5, 5.41) is 9.65. The number of carbonyl (C=O) groups excluding carboxylic acids is 1. The lowest BCUT2D eigenvalue weighted by Gasteiger charge is -2.34. The molecule has 1 aromatic rings. The van der Waals surface area contributed by atoms with Gasteiger partial charge in [0.05, 0.1) is 6.10 Å². The number of hydrogen-bond acceptors (Lipinski definition) is 3. The average Bonchev–Trinajstić information content (AvgIpc) is 2.43. The fourth-order valence-electron chi connectivity index (χ4n) is 2.50. The van der Waals surface area contributed by atoms with Crippen molar-refractivity contribution in [2.75, 3.05) is 13.1 Å². The van der Waals surface area contributed by atoms with E-state index in [9.17, 15) is 14.7 Å². The molecule has 2 unspecified atom stereocenters. The van der Waals surface area contributed by atoms with Gasteiger partial charge in [0.2, 0.25) is 5.91 Å². The maximum atomic E-state index is 12.3. The Kier molecular flexibility index (Phi) is 4.99. The molecule has 1 fully saturated rings. The van der Waals surface area contributed by atoms with E-state index in [1.165, 1.54) is 10.6 Å². The fourth-order valence-corrected chi connectivity index (χ4v) is 2.88. The zero-order chi connectivity index (χ0) is 14.7. The molecular formula is C14H19BrN2O3. The molecule has 1 aliphatic heterocycles. The molecule has 6 heteroatoms. The minimum absolute atomic E-state index is 0.0464. The van der Waals surface area contributed by atoms with E-state index in [-0.39, 0.29) is 23.9 Å². The first-order valence-corrected chi connectivity index (χ1v) is 7.58. The van der Waals surface area contributed by atoms with Crippen LogP contribution in [-0.4, -0.2) is 39.7 Å². The summed E-state index contributed by atoms with van der Waals surface area (Å²) in [5.74, 6) is 0.0579. The van der Waals surface area contributed by atoms with E-state index in [1.54, 1.807) is 24.1 Å². The number of rotatable bonds is 3. The number of likely N-dealkylation sites (tertiary alicyclic amines) is 1. The number of aromatic nitrogens is 1. The monoisotopic (exact) mass is 342 g/mol. The average molecular weight is 343 g/mol. The lowest BCUT2D eigenvalue weighted by Crippen LogP contribution is -2.45. The van der Waals surface area contributed by atoms with E-state index in [2.05, 4.69) is 15.9 Å². The first kappa shape index (κ1) is 15.3. The van der Waals surface area contributed by atoms with Crippen LogP contribution in [0.4, 0.5) is 0 Å². The van der Waals surface area contributed by atoms with E-state index in [4.69, 9.17) is 0 Å². The van der Waals surface area contributed by atoms with E-state index in [0.29, 0.717) is 13.1 Å². The Balaban J connectivity index is 2.04. The van der Waals surface area contributed by atoms with Crippen molar-refractivity contribution in [2.45, 2.75) is 32.4 Å². The molecule has 2 atom stereocenters. The first-order chi connectivity index (χ1) is 9.47. The van der Waals surface area contributed by atoms with Crippen LogP contribution in [0, 0.1) is 5.92 Å². The van der Waals surface area contributed by atoms with Crippen LogP contribution in [-0.2, 0) is 11.3 Å². The molecule has 0 saturated carbocycles. The molecule has 1 aromatic heterocycles. The van der Waals surface area contributed by atoms with Crippen LogP contribution in [0.5, 0.6) is 0 Å². The predicted octanol–water partition coefficient (Wildman–Crippen LogP) is 1.23. The van der Waals surface area contributed by atoms with Crippen LogP contribution < -0.4 is 5.56 Å². The molecule has 0 radical (unpaired) electrons. The number of hydrogen-bond donors (Lipinski definition) is 1. The van der Waals surface area contributed by atoms with E-state index < -0.39 is 6.10 Å². The molecule has 2 rings (SSSR count). The lowest BCUT2D eigenvalue weighted by molar-refractivity contribution is -0.134. The number of aliphatic hydroxyl groups excluding tert-OH is 1. The van der Waals surface area contributed by atoms with Crippen molar-refractivity contribution in [3.63, 3.8) is 0 Å². The summed E-state index contributed by atoms with van der Waals surface area (Å²) in [4.78, 5) is 25.7. The van der Waals surface area contributed by atoms with Gasteiger partial charge >= 0.3 is 0 Å². The van der Waals surface area contributed by atoms with Gasteiger partial charge in [-0.15, -0.1) is 0 Å². The Morgan fingerprint density at radius 1 is 1.55 bits per heavy atom. The smallest absolute Gasteiger partial charge is 0.251 e. The Morgan fingerprint density at radius 3 is 3.00 bits per heavy atom. The summed E-state index contributed by atoms with van der Waals surface area (Å²) in [5.41, 5.74) is -0.189. The number of piperidine rings is 1. The summed E-state index contributed by atoms with van der Waals surface area (Å²) in [6.45, 7) is 3.08. The van der Waals surface area contributed by atoms with Gasteiger partial charge in [-0.25, -0.2) is 0 Å². The Labute approximate surface area is 126 Å². The minimum Gasteiger partial charge on any atom is -0.393 e. The molecule has 1 saturated heterocycles. The third kappa shape index (κ3) is 3.70. The quantitative estimate of drug-likeness (QED) is 0.898. The second-order valence-corrected chi connectivity index (χ2v) is 6.21. The number of carbonyl (C=O) groups is 1. The lowest BCUT2D eigenvalue weighted by atomic mass is 9.93. The number of nitrogens with zero attached hydrogens (tertiary/aromatic N) is 2. The summed E-state index contributed by atoms with van der Waals surface area (Å²) in [7, 11) is 0. The van der Waals surface area contributed by atoms with Crippen molar-refractivity contribution >= 4 is 21.8 Å². The van der Waals surface area contributed by atoms with E-state index in [1.807, 2.05) is 0 Å². The highest BCUT2D eigenvalue weighted by atomic mass is 79.9. The summed E-state index contributed by atoms with van der Waals surface area (Å²) in [6.07, 6.45) is 3.06. The minimum atomic E-state index is -0.404. The van der Waals surface area contributed by atoms with Gasteiger partial charge in [-0.3, -0.25) is 9.59 Å². The SMILES string of the molecule is CC(O)C1CCCN(C(=O)Cn2cc(Br)ccc2=O)C1. The molecule has 110 valence electrons. The second-order valence-electron chi connectivity index (χ2n) is 5.30. The van der Waals surface area contributed by atoms with Gasteiger partial charge in [-0.05, 0) is 41.8 Å². The van der Waals surface area contributed by atoms with Gasteiger partial charge in [-0.1, -0.05) is 0 Å². The van der Waals surface area contributed by atoms with Crippen molar-refractivity contribution in [3.05, 3.63) is 33.2 Å². The summed E-state index contributed by atoms with van der Waals surface area (Å²) in [6, 6.07) is 3.10. The van der Waals surface area contributed by atoms with Crippen molar-refractivity contribution in [3.8, 4) is 0 Å². The Bertz CT molecular complexity index is 541. The third-order valence-electron chi connectivity index (χ3n) is 3.75. The van der Waals surface area contributed by atoms with Gasteiger partial charge in [-0.2, -0.15) is 0 Å². The highest BCUT2D eigenvalue weighted by Gasteiger charge is 2.26. The number of pyridine rings is 1. The van der Waals surface area contributed by atoms with Crippen LogP contribution in [0.3, 0.4) is 0 Å². The van der Waals surface area contributed by atoms with Gasteiger partial charge in [0.25, 0.3) is 5.56 Å². The molecule has 0 bridgehead atoms. The number of halogens is 1. The molecule has 2 heterocycles. The Morgan fingerprint density at radius 2 is 2.30 bits per heavy atom. The molecule has 0 spiro atoms. The molecule has 1 amide bonds. The first-order valence-electron chi connectivity index (χ1n) is 6.79. The molecule has 0 aromatic carbocycles. The van der Waals surface area contributed by atoms with Crippen molar-refractivity contribution in [2.24, 2.45) is 5.92 Å². The third-order valence-corrected chi connectivity index (χ3v) is 4.21. The zero-order valence-electron chi connectivity index (χ0n) is 11.5.